The van der Waals surface area contributed by atoms with Crippen LogP contribution in [-0.2, 0) is 6.54 Å². The van der Waals surface area contributed by atoms with Crippen molar-refractivity contribution in [2.75, 3.05) is 0 Å². The summed E-state index contributed by atoms with van der Waals surface area (Å²) >= 11 is 0. The van der Waals surface area contributed by atoms with E-state index in [0.717, 1.165) is 12.5 Å². The fourth-order valence-electron chi connectivity index (χ4n) is 1.47. The van der Waals surface area contributed by atoms with E-state index in [1.54, 1.807) is 0 Å². The molecule has 1 nitrogen and oxygen atoms in total. The number of aryl methyl sites for hydroxylation is 2. The summed E-state index contributed by atoms with van der Waals surface area (Å²) in [6.45, 7) is 7.85. The van der Waals surface area contributed by atoms with Crippen molar-refractivity contribution in [3.63, 3.8) is 0 Å². The van der Waals surface area contributed by atoms with E-state index >= 15 is 0 Å². The molecule has 0 amide bonds. The first-order valence-electron chi connectivity index (χ1n) is 5.14. The van der Waals surface area contributed by atoms with Gasteiger partial charge in [0.2, 0.25) is 0 Å². The highest BCUT2D eigenvalue weighted by atomic mass is 79.9. The van der Waals surface area contributed by atoms with Gasteiger partial charge in [-0.2, -0.15) is 0 Å². The van der Waals surface area contributed by atoms with Gasteiger partial charge in [-0.3, -0.25) is 0 Å². The lowest BCUT2D eigenvalue weighted by Crippen LogP contribution is -3.00. The van der Waals surface area contributed by atoms with Crippen molar-refractivity contribution in [3.05, 3.63) is 30.1 Å². The normalized spacial score (nSPS) is 10.0. The largest absolute Gasteiger partial charge is 1.00 e. The van der Waals surface area contributed by atoms with Crippen LogP contribution in [0.5, 0.6) is 0 Å². The molecule has 1 rings (SSSR count). The molecule has 0 spiro atoms. The highest BCUT2D eigenvalue weighted by Crippen LogP contribution is 2.02. The minimum Gasteiger partial charge on any atom is -1.00 e. The maximum absolute atomic E-state index is 2.28. The van der Waals surface area contributed by atoms with E-state index in [4.69, 9.17) is 0 Å². The van der Waals surface area contributed by atoms with Crippen molar-refractivity contribution in [1.82, 2.24) is 0 Å². The van der Waals surface area contributed by atoms with Crippen LogP contribution < -0.4 is 21.5 Å². The van der Waals surface area contributed by atoms with Crippen LogP contribution in [0.4, 0.5) is 0 Å². The number of nitrogens with zero attached hydrogens (tertiary/aromatic N) is 1. The lowest BCUT2D eigenvalue weighted by Gasteiger charge is -2.01. The van der Waals surface area contributed by atoms with Crippen molar-refractivity contribution >= 4 is 0 Å². The number of aromatic nitrogens is 1. The Morgan fingerprint density at radius 3 is 2.64 bits per heavy atom. The average Bonchev–Trinajstić information content (AvgIpc) is 2.03. The summed E-state index contributed by atoms with van der Waals surface area (Å²) in [5.41, 5.74) is 1.34. The summed E-state index contributed by atoms with van der Waals surface area (Å²) in [5, 5.41) is 0. The molecular formula is C12H20BrN. The Morgan fingerprint density at radius 2 is 2.07 bits per heavy atom. The average molecular weight is 258 g/mol. The van der Waals surface area contributed by atoms with E-state index < -0.39 is 0 Å². The molecule has 0 atom stereocenters. The molecule has 0 saturated carbocycles. The monoisotopic (exact) mass is 257 g/mol. The Kier molecular flexibility index (Phi) is 6.81. The Morgan fingerprint density at radius 1 is 1.36 bits per heavy atom. The molecule has 0 aromatic carbocycles. The second-order valence-electron chi connectivity index (χ2n) is 4.16. The second-order valence-corrected chi connectivity index (χ2v) is 4.16. The van der Waals surface area contributed by atoms with Crippen molar-refractivity contribution in [2.24, 2.45) is 5.92 Å². The van der Waals surface area contributed by atoms with E-state index in [9.17, 15) is 0 Å². The third-order valence-electron chi connectivity index (χ3n) is 2.20. The number of halogens is 1. The molecule has 0 aliphatic rings. The highest BCUT2D eigenvalue weighted by Gasteiger charge is 2.00. The van der Waals surface area contributed by atoms with Gasteiger partial charge in [-0.25, -0.2) is 4.57 Å². The van der Waals surface area contributed by atoms with Gasteiger partial charge in [-0.1, -0.05) is 13.8 Å². The smallest absolute Gasteiger partial charge is 0.171 e. The van der Waals surface area contributed by atoms with Crippen LogP contribution in [0.25, 0.3) is 0 Å². The van der Waals surface area contributed by atoms with Crippen LogP contribution in [0, 0.1) is 12.8 Å². The zero-order valence-electron chi connectivity index (χ0n) is 9.33. The predicted octanol–water partition coefficient (Wildman–Crippen LogP) is -0.277. The zero-order chi connectivity index (χ0) is 9.68. The maximum atomic E-state index is 2.28. The molecule has 0 bridgehead atoms. The third-order valence-corrected chi connectivity index (χ3v) is 2.20. The van der Waals surface area contributed by atoms with Crippen LogP contribution >= 0.6 is 0 Å². The number of hydrogen-bond donors (Lipinski definition) is 0. The zero-order valence-corrected chi connectivity index (χ0v) is 10.9. The molecule has 1 heterocycles. The topological polar surface area (TPSA) is 3.88 Å². The first-order valence-corrected chi connectivity index (χ1v) is 5.14. The molecule has 0 aliphatic carbocycles. The number of hydrogen-bond acceptors (Lipinski definition) is 0. The highest BCUT2D eigenvalue weighted by molar-refractivity contribution is 5.01. The summed E-state index contributed by atoms with van der Waals surface area (Å²) in [5.74, 6) is 0.824. The van der Waals surface area contributed by atoms with Gasteiger partial charge in [0.05, 0.1) is 0 Å². The molecule has 1 aromatic rings. The summed E-state index contributed by atoms with van der Waals surface area (Å²) in [4.78, 5) is 0. The summed E-state index contributed by atoms with van der Waals surface area (Å²) in [7, 11) is 0. The van der Waals surface area contributed by atoms with Gasteiger partial charge < -0.3 is 17.0 Å². The van der Waals surface area contributed by atoms with Crippen molar-refractivity contribution in [1.29, 1.82) is 0 Å². The first-order chi connectivity index (χ1) is 6.18. The van der Waals surface area contributed by atoms with E-state index in [0.29, 0.717) is 0 Å². The van der Waals surface area contributed by atoms with Crippen molar-refractivity contribution < 1.29 is 21.5 Å². The van der Waals surface area contributed by atoms with Crippen LogP contribution in [0.3, 0.4) is 0 Å². The second kappa shape index (κ2) is 6.99. The molecule has 0 fully saturated rings. The molecule has 80 valence electrons. The summed E-state index contributed by atoms with van der Waals surface area (Å²) in [6, 6.07) is 4.25. The maximum Gasteiger partial charge on any atom is 0.171 e. The van der Waals surface area contributed by atoms with Crippen LogP contribution in [0.15, 0.2) is 24.5 Å². The van der Waals surface area contributed by atoms with Crippen LogP contribution in [-0.4, -0.2) is 0 Å². The third kappa shape index (κ3) is 5.38. The molecule has 2 heteroatoms. The Balaban J connectivity index is 0.00000169. The first kappa shape index (κ1) is 13.6. The lowest BCUT2D eigenvalue weighted by molar-refractivity contribution is -0.697. The fraction of sp³-hybridized carbons (Fsp3) is 0.583. The summed E-state index contributed by atoms with van der Waals surface area (Å²) < 4.78 is 2.28. The molecule has 0 N–H and O–H groups in total. The Hall–Kier alpha value is -0.370. The molecular weight excluding hydrogens is 238 g/mol. The molecule has 14 heavy (non-hydrogen) atoms. The van der Waals surface area contributed by atoms with Crippen LogP contribution in [0.1, 0.15) is 32.3 Å². The van der Waals surface area contributed by atoms with Crippen LogP contribution in [0.2, 0.25) is 0 Å². The van der Waals surface area contributed by atoms with Gasteiger partial charge in [0, 0.05) is 18.1 Å². The van der Waals surface area contributed by atoms with E-state index in [-0.39, 0.29) is 17.0 Å². The Bertz CT molecular complexity index is 258. The van der Waals surface area contributed by atoms with Gasteiger partial charge in [-0.15, -0.1) is 0 Å². The van der Waals surface area contributed by atoms with Gasteiger partial charge in [0.25, 0.3) is 0 Å². The standard InChI is InChI=1S/C12H20N.BrH/c1-11(2)6-4-8-13-9-5-7-12(3)10-13;/h5,7,9-11H,4,6,8H2,1-3H3;1H/q+1;/p-1. The Labute approximate surface area is 97.9 Å². The van der Waals surface area contributed by atoms with Gasteiger partial charge in [0.1, 0.15) is 6.54 Å². The quantitative estimate of drug-likeness (QED) is 0.654. The van der Waals surface area contributed by atoms with E-state index in [1.807, 2.05) is 0 Å². The molecule has 0 saturated heterocycles. The SMILES string of the molecule is Cc1ccc[n+](CCCC(C)C)c1.[Br-]. The van der Waals surface area contributed by atoms with Gasteiger partial charge in [0.15, 0.2) is 12.4 Å². The van der Waals surface area contributed by atoms with Crippen molar-refractivity contribution in [3.8, 4) is 0 Å². The van der Waals surface area contributed by atoms with Gasteiger partial charge >= 0.3 is 0 Å². The number of rotatable bonds is 4. The fourth-order valence-corrected chi connectivity index (χ4v) is 1.47. The molecule has 0 aliphatic heterocycles. The number of pyridine rings is 1. The van der Waals surface area contributed by atoms with E-state index in [2.05, 4.69) is 49.9 Å². The summed E-state index contributed by atoms with van der Waals surface area (Å²) in [6.07, 6.45) is 6.96. The van der Waals surface area contributed by atoms with Gasteiger partial charge in [-0.05, 0) is 25.3 Å². The lowest BCUT2D eigenvalue weighted by atomic mass is 10.1. The molecule has 0 unspecified atom stereocenters. The minimum atomic E-state index is 0. The van der Waals surface area contributed by atoms with Crippen molar-refractivity contribution in [2.45, 2.75) is 40.2 Å². The minimum absolute atomic E-state index is 0. The molecule has 0 radical (unpaired) electrons. The van der Waals surface area contributed by atoms with E-state index in [1.165, 1.54) is 18.4 Å². The molecule has 1 aromatic heterocycles. The predicted molar refractivity (Wildman–Crippen MR) is 55.4 cm³/mol.